The third-order valence-corrected chi connectivity index (χ3v) is 3.55. The van der Waals surface area contributed by atoms with E-state index < -0.39 is 11.0 Å². The van der Waals surface area contributed by atoms with E-state index in [0.29, 0.717) is 0 Å². The Morgan fingerprint density at radius 2 is 1.81 bits per heavy atom. The minimum absolute atomic E-state index is 0.0450. The molecule has 0 aromatic heterocycles. The van der Waals surface area contributed by atoms with Crippen LogP contribution in [0.15, 0.2) is 0 Å². The van der Waals surface area contributed by atoms with Gasteiger partial charge in [0.1, 0.15) is 0 Å². The first-order valence-corrected chi connectivity index (χ1v) is 6.22. The molecule has 0 radical (unpaired) electrons. The Labute approximate surface area is 100 Å². The normalized spacial score (nSPS) is 14.7. The molecule has 0 fully saturated rings. The zero-order valence-corrected chi connectivity index (χ0v) is 11.7. The molecule has 0 aromatic rings. The van der Waals surface area contributed by atoms with Crippen LogP contribution in [-0.4, -0.2) is 17.5 Å². The van der Waals surface area contributed by atoms with Gasteiger partial charge in [-0.2, -0.15) is 0 Å². The first-order chi connectivity index (χ1) is 7.13. The fourth-order valence-electron chi connectivity index (χ4n) is 1.28. The standard InChI is InChI=1S/C13H28N2O/c1-7-8-9-10(2)15-11(16)12(3,4)13(5,6)14/h10H,7-9,14H2,1-6H3,(H,15,16). The topological polar surface area (TPSA) is 55.1 Å². The van der Waals surface area contributed by atoms with Gasteiger partial charge in [-0.15, -0.1) is 0 Å². The molecule has 0 heterocycles. The molecule has 1 atom stereocenters. The SMILES string of the molecule is CCCCC(C)NC(=O)C(C)(C)C(C)(C)N. The van der Waals surface area contributed by atoms with Crippen LogP contribution in [-0.2, 0) is 4.79 Å². The molecule has 0 spiro atoms. The van der Waals surface area contributed by atoms with Crippen molar-refractivity contribution in [3.8, 4) is 0 Å². The predicted octanol–water partition coefficient (Wildman–Crippen LogP) is 2.44. The quantitative estimate of drug-likeness (QED) is 0.733. The van der Waals surface area contributed by atoms with Crippen molar-refractivity contribution < 1.29 is 4.79 Å². The van der Waals surface area contributed by atoms with Crippen molar-refractivity contribution in [1.82, 2.24) is 5.32 Å². The van der Waals surface area contributed by atoms with Gasteiger partial charge in [0, 0.05) is 11.6 Å². The number of amides is 1. The van der Waals surface area contributed by atoms with E-state index in [2.05, 4.69) is 12.2 Å². The molecule has 0 aliphatic heterocycles. The third-order valence-electron chi connectivity index (χ3n) is 3.55. The lowest BCUT2D eigenvalue weighted by Gasteiger charge is -2.37. The number of unbranched alkanes of at least 4 members (excludes halogenated alkanes) is 1. The second-order valence-corrected chi connectivity index (χ2v) is 5.86. The maximum atomic E-state index is 12.1. The van der Waals surface area contributed by atoms with Crippen LogP contribution in [0.1, 0.15) is 60.8 Å². The molecular formula is C13H28N2O. The van der Waals surface area contributed by atoms with Crippen molar-refractivity contribution in [2.45, 2.75) is 72.4 Å². The number of nitrogens with two attached hydrogens (primary N) is 1. The molecule has 0 saturated heterocycles. The molecule has 1 amide bonds. The van der Waals surface area contributed by atoms with Gasteiger partial charge in [-0.3, -0.25) is 4.79 Å². The van der Waals surface area contributed by atoms with Crippen molar-refractivity contribution in [1.29, 1.82) is 0 Å². The van der Waals surface area contributed by atoms with Crippen LogP contribution in [0, 0.1) is 5.41 Å². The van der Waals surface area contributed by atoms with E-state index in [1.807, 2.05) is 34.6 Å². The monoisotopic (exact) mass is 228 g/mol. The van der Waals surface area contributed by atoms with Crippen molar-refractivity contribution >= 4 is 5.91 Å². The number of hydrogen-bond donors (Lipinski definition) is 2. The summed E-state index contributed by atoms with van der Waals surface area (Å²) in [5, 5.41) is 3.04. The van der Waals surface area contributed by atoms with Crippen molar-refractivity contribution in [2.24, 2.45) is 11.1 Å². The Morgan fingerprint density at radius 1 is 1.31 bits per heavy atom. The van der Waals surface area contributed by atoms with E-state index in [4.69, 9.17) is 5.73 Å². The first-order valence-electron chi connectivity index (χ1n) is 6.22. The van der Waals surface area contributed by atoms with Crippen molar-refractivity contribution in [3.63, 3.8) is 0 Å². The van der Waals surface area contributed by atoms with Crippen LogP contribution in [0.3, 0.4) is 0 Å². The summed E-state index contributed by atoms with van der Waals surface area (Å²) in [6.45, 7) is 11.8. The minimum atomic E-state index is -0.548. The summed E-state index contributed by atoms with van der Waals surface area (Å²) >= 11 is 0. The molecule has 0 aromatic carbocycles. The second kappa shape index (κ2) is 5.67. The molecule has 0 rings (SSSR count). The van der Waals surface area contributed by atoms with Crippen LogP contribution in [0.2, 0.25) is 0 Å². The van der Waals surface area contributed by atoms with Gasteiger partial charge in [-0.25, -0.2) is 0 Å². The summed E-state index contributed by atoms with van der Waals surface area (Å²) in [6.07, 6.45) is 3.34. The Hall–Kier alpha value is -0.570. The predicted molar refractivity (Wildman–Crippen MR) is 69.2 cm³/mol. The van der Waals surface area contributed by atoms with Crippen molar-refractivity contribution in [2.75, 3.05) is 0 Å². The number of hydrogen-bond acceptors (Lipinski definition) is 2. The van der Waals surface area contributed by atoms with Gasteiger partial charge in [-0.05, 0) is 41.0 Å². The molecule has 0 bridgehead atoms. The Bertz CT molecular complexity index is 229. The summed E-state index contributed by atoms with van der Waals surface area (Å²) in [4.78, 5) is 12.1. The zero-order valence-electron chi connectivity index (χ0n) is 11.7. The molecular weight excluding hydrogens is 200 g/mol. The lowest BCUT2D eigenvalue weighted by molar-refractivity contribution is -0.132. The van der Waals surface area contributed by atoms with Gasteiger partial charge in [0.05, 0.1) is 5.41 Å². The van der Waals surface area contributed by atoms with Crippen LogP contribution in [0.25, 0.3) is 0 Å². The van der Waals surface area contributed by atoms with Crippen LogP contribution >= 0.6 is 0 Å². The molecule has 3 N–H and O–H groups in total. The van der Waals surface area contributed by atoms with E-state index in [1.165, 1.54) is 0 Å². The molecule has 0 aliphatic carbocycles. The highest BCUT2D eigenvalue weighted by Gasteiger charge is 2.40. The van der Waals surface area contributed by atoms with Crippen LogP contribution in [0.5, 0.6) is 0 Å². The van der Waals surface area contributed by atoms with Crippen LogP contribution < -0.4 is 11.1 Å². The van der Waals surface area contributed by atoms with Crippen LogP contribution in [0.4, 0.5) is 0 Å². The summed E-state index contributed by atoms with van der Waals surface area (Å²) in [5.74, 6) is 0.0450. The Balaban J connectivity index is 4.35. The summed E-state index contributed by atoms with van der Waals surface area (Å²) in [7, 11) is 0. The van der Waals surface area contributed by atoms with Gasteiger partial charge in [0.25, 0.3) is 0 Å². The average molecular weight is 228 g/mol. The molecule has 0 saturated carbocycles. The third kappa shape index (κ3) is 4.12. The molecule has 16 heavy (non-hydrogen) atoms. The van der Waals surface area contributed by atoms with Gasteiger partial charge >= 0.3 is 0 Å². The Morgan fingerprint density at radius 3 is 2.19 bits per heavy atom. The maximum absolute atomic E-state index is 12.1. The fourth-order valence-corrected chi connectivity index (χ4v) is 1.28. The molecule has 96 valence electrons. The lowest BCUT2D eigenvalue weighted by Crippen LogP contribution is -2.56. The molecule has 0 aliphatic rings. The lowest BCUT2D eigenvalue weighted by atomic mass is 9.74. The van der Waals surface area contributed by atoms with E-state index in [1.54, 1.807) is 0 Å². The van der Waals surface area contributed by atoms with Gasteiger partial charge in [-0.1, -0.05) is 19.8 Å². The fraction of sp³-hybridized carbons (Fsp3) is 0.923. The summed E-state index contributed by atoms with van der Waals surface area (Å²) in [5.41, 5.74) is 4.97. The van der Waals surface area contributed by atoms with Crippen molar-refractivity contribution in [3.05, 3.63) is 0 Å². The zero-order chi connectivity index (χ0) is 13.0. The van der Waals surface area contributed by atoms with Gasteiger partial charge in [0.2, 0.25) is 5.91 Å². The molecule has 3 nitrogen and oxygen atoms in total. The van der Waals surface area contributed by atoms with E-state index in [9.17, 15) is 4.79 Å². The first kappa shape index (κ1) is 15.4. The number of carbonyl (C=O) groups excluding carboxylic acids is 1. The highest BCUT2D eigenvalue weighted by molar-refractivity contribution is 5.83. The smallest absolute Gasteiger partial charge is 0.227 e. The summed E-state index contributed by atoms with van der Waals surface area (Å²) < 4.78 is 0. The minimum Gasteiger partial charge on any atom is -0.353 e. The second-order valence-electron chi connectivity index (χ2n) is 5.86. The Kier molecular flexibility index (Phi) is 5.47. The highest BCUT2D eigenvalue weighted by atomic mass is 16.2. The average Bonchev–Trinajstić information content (AvgIpc) is 2.12. The maximum Gasteiger partial charge on any atom is 0.227 e. The van der Waals surface area contributed by atoms with Gasteiger partial charge in [0.15, 0.2) is 0 Å². The number of nitrogens with one attached hydrogen (secondary N) is 1. The molecule has 3 heteroatoms. The number of carbonyl (C=O) groups is 1. The molecule has 1 unspecified atom stereocenters. The van der Waals surface area contributed by atoms with E-state index in [0.717, 1.165) is 19.3 Å². The van der Waals surface area contributed by atoms with E-state index >= 15 is 0 Å². The van der Waals surface area contributed by atoms with Gasteiger partial charge < -0.3 is 11.1 Å². The largest absolute Gasteiger partial charge is 0.353 e. The van der Waals surface area contributed by atoms with E-state index in [-0.39, 0.29) is 11.9 Å². The number of rotatable bonds is 6. The highest BCUT2D eigenvalue weighted by Crippen LogP contribution is 2.28. The summed E-state index contributed by atoms with van der Waals surface area (Å²) in [6, 6.07) is 0.231.